The van der Waals surface area contributed by atoms with Crippen LogP contribution in [-0.4, -0.2) is 29.2 Å². The zero-order valence-corrected chi connectivity index (χ0v) is 15.9. The first kappa shape index (κ1) is 19.3. The SMILES string of the molecule is CC(=O)SCC(=Cc1ccccc1CN)B1OC(C)(C)C(C)(C)O1. The molecule has 0 saturated carbocycles. The molecule has 130 valence electrons. The summed E-state index contributed by atoms with van der Waals surface area (Å²) in [6.07, 6.45) is 2.04. The minimum absolute atomic E-state index is 0.0736. The molecule has 2 rings (SSSR count). The topological polar surface area (TPSA) is 61.6 Å². The molecule has 1 aromatic carbocycles. The summed E-state index contributed by atoms with van der Waals surface area (Å²) in [5.74, 6) is 0.533. The van der Waals surface area contributed by atoms with E-state index in [9.17, 15) is 4.79 Å². The number of hydrogen-bond donors (Lipinski definition) is 1. The van der Waals surface area contributed by atoms with E-state index < -0.39 is 18.3 Å². The molecule has 6 heteroatoms. The summed E-state index contributed by atoms with van der Waals surface area (Å²) in [7, 11) is -0.465. The van der Waals surface area contributed by atoms with Gasteiger partial charge in [-0.2, -0.15) is 0 Å². The van der Waals surface area contributed by atoms with Crippen molar-refractivity contribution in [2.24, 2.45) is 5.73 Å². The summed E-state index contributed by atoms with van der Waals surface area (Å²) in [6.45, 7) is 10.1. The Kier molecular flexibility index (Phi) is 5.97. The maximum atomic E-state index is 11.4. The van der Waals surface area contributed by atoms with E-state index >= 15 is 0 Å². The molecule has 0 radical (unpaired) electrons. The molecule has 0 atom stereocenters. The highest BCUT2D eigenvalue weighted by molar-refractivity contribution is 8.13. The molecule has 1 fully saturated rings. The van der Waals surface area contributed by atoms with Crippen molar-refractivity contribution >= 4 is 30.1 Å². The molecule has 2 N–H and O–H groups in total. The second kappa shape index (κ2) is 7.44. The number of hydrogen-bond acceptors (Lipinski definition) is 5. The van der Waals surface area contributed by atoms with Crippen LogP contribution in [-0.2, 0) is 20.6 Å². The van der Waals surface area contributed by atoms with Crippen LogP contribution in [0.3, 0.4) is 0 Å². The lowest BCUT2D eigenvalue weighted by Gasteiger charge is -2.32. The van der Waals surface area contributed by atoms with E-state index in [0.29, 0.717) is 12.3 Å². The Morgan fingerprint density at radius 2 is 1.79 bits per heavy atom. The third-order valence-electron chi connectivity index (χ3n) is 4.61. The van der Waals surface area contributed by atoms with Gasteiger partial charge in [-0.15, -0.1) is 0 Å². The Morgan fingerprint density at radius 1 is 1.21 bits per heavy atom. The molecule has 1 aliphatic rings. The molecule has 24 heavy (non-hydrogen) atoms. The number of carbonyl (C=O) groups is 1. The van der Waals surface area contributed by atoms with Crippen LogP contribution in [0.5, 0.6) is 0 Å². The van der Waals surface area contributed by atoms with Crippen molar-refractivity contribution in [2.75, 3.05) is 5.75 Å². The molecule has 0 aromatic heterocycles. The lowest BCUT2D eigenvalue weighted by atomic mass is 9.78. The maximum absolute atomic E-state index is 11.4. The zero-order valence-electron chi connectivity index (χ0n) is 15.1. The molecule has 1 heterocycles. The van der Waals surface area contributed by atoms with Gasteiger partial charge in [-0.1, -0.05) is 42.1 Å². The minimum atomic E-state index is -0.465. The molecule has 0 aliphatic carbocycles. The molecule has 0 amide bonds. The van der Waals surface area contributed by atoms with Crippen LogP contribution >= 0.6 is 11.8 Å². The summed E-state index contributed by atoms with van der Waals surface area (Å²) >= 11 is 1.26. The standard InChI is InChI=1S/C18H26BNO3S/c1-13(21)24-12-16(10-14-8-6-7-9-15(14)11-20)19-22-17(2,3)18(4,5)23-19/h6-10H,11-12,20H2,1-5H3. The first-order chi connectivity index (χ1) is 11.2. The molecular formula is C18H26BNO3S. The lowest BCUT2D eigenvalue weighted by Crippen LogP contribution is -2.41. The first-order valence-electron chi connectivity index (χ1n) is 8.14. The average Bonchev–Trinajstić information content (AvgIpc) is 2.71. The van der Waals surface area contributed by atoms with Gasteiger partial charge in [-0.3, -0.25) is 4.79 Å². The number of carbonyl (C=O) groups excluding carboxylic acids is 1. The van der Waals surface area contributed by atoms with Gasteiger partial charge >= 0.3 is 7.12 Å². The van der Waals surface area contributed by atoms with Gasteiger partial charge in [0, 0.05) is 19.2 Å². The summed E-state index contributed by atoms with van der Waals surface area (Å²) in [4.78, 5) is 11.4. The lowest BCUT2D eigenvalue weighted by molar-refractivity contribution is -0.109. The van der Waals surface area contributed by atoms with E-state index in [1.54, 1.807) is 6.92 Å². The quantitative estimate of drug-likeness (QED) is 0.827. The molecular weight excluding hydrogens is 321 g/mol. The van der Waals surface area contributed by atoms with Gasteiger partial charge in [0.05, 0.1) is 11.2 Å². The van der Waals surface area contributed by atoms with Crippen LogP contribution in [0.1, 0.15) is 45.7 Å². The highest BCUT2D eigenvalue weighted by Crippen LogP contribution is 2.39. The summed E-state index contributed by atoms with van der Waals surface area (Å²) in [5.41, 5.74) is 8.04. The van der Waals surface area contributed by atoms with E-state index in [0.717, 1.165) is 16.6 Å². The van der Waals surface area contributed by atoms with Crippen molar-refractivity contribution in [1.29, 1.82) is 0 Å². The predicted molar refractivity (Wildman–Crippen MR) is 102 cm³/mol. The predicted octanol–water partition coefficient (Wildman–Crippen LogP) is 3.44. The molecule has 0 spiro atoms. The molecule has 1 aliphatic heterocycles. The highest BCUT2D eigenvalue weighted by Gasteiger charge is 2.52. The molecule has 4 nitrogen and oxygen atoms in total. The second-order valence-electron chi connectivity index (χ2n) is 6.99. The molecule has 0 unspecified atom stereocenters. The van der Waals surface area contributed by atoms with Crippen molar-refractivity contribution < 1.29 is 14.1 Å². The van der Waals surface area contributed by atoms with Gasteiger partial charge in [0.25, 0.3) is 0 Å². The molecule has 1 aromatic rings. The normalized spacial score (nSPS) is 19.6. The van der Waals surface area contributed by atoms with Gasteiger partial charge in [0.15, 0.2) is 5.12 Å². The van der Waals surface area contributed by atoms with Gasteiger partial charge in [-0.05, 0) is 44.3 Å². The Bertz CT molecular complexity index is 627. The average molecular weight is 347 g/mol. The summed E-state index contributed by atoms with van der Waals surface area (Å²) in [6, 6.07) is 7.97. The van der Waals surface area contributed by atoms with Crippen LogP contribution in [0.15, 0.2) is 29.7 Å². The van der Waals surface area contributed by atoms with Crippen LogP contribution in [0, 0.1) is 0 Å². The van der Waals surface area contributed by atoms with E-state index in [1.807, 2.05) is 58.0 Å². The Morgan fingerprint density at radius 3 is 2.33 bits per heavy atom. The fourth-order valence-electron chi connectivity index (χ4n) is 2.42. The van der Waals surface area contributed by atoms with Gasteiger partial charge < -0.3 is 15.0 Å². The fourth-order valence-corrected chi connectivity index (χ4v) is 3.01. The summed E-state index contributed by atoms with van der Waals surface area (Å²) < 4.78 is 12.3. The first-order valence-corrected chi connectivity index (χ1v) is 9.12. The zero-order chi connectivity index (χ0) is 18.0. The van der Waals surface area contributed by atoms with E-state index in [1.165, 1.54) is 11.8 Å². The monoisotopic (exact) mass is 347 g/mol. The van der Waals surface area contributed by atoms with Crippen LogP contribution < -0.4 is 5.73 Å². The number of nitrogens with two attached hydrogens (primary N) is 1. The summed E-state index contributed by atoms with van der Waals surface area (Å²) in [5, 5.41) is 0.0736. The maximum Gasteiger partial charge on any atom is 0.491 e. The van der Waals surface area contributed by atoms with Crippen LogP contribution in [0.4, 0.5) is 0 Å². The number of benzene rings is 1. The van der Waals surface area contributed by atoms with Crippen molar-refractivity contribution in [3.05, 3.63) is 40.9 Å². The van der Waals surface area contributed by atoms with Crippen molar-refractivity contribution in [2.45, 2.75) is 52.4 Å². The van der Waals surface area contributed by atoms with Crippen LogP contribution in [0.2, 0.25) is 0 Å². The van der Waals surface area contributed by atoms with Gasteiger partial charge in [0.1, 0.15) is 0 Å². The van der Waals surface area contributed by atoms with Crippen molar-refractivity contribution in [3.63, 3.8) is 0 Å². The highest BCUT2D eigenvalue weighted by atomic mass is 32.2. The van der Waals surface area contributed by atoms with Crippen molar-refractivity contribution in [3.8, 4) is 0 Å². The Labute approximate surface area is 149 Å². The molecule has 0 bridgehead atoms. The third kappa shape index (κ3) is 4.31. The Hall–Kier alpha value is -1.08. The third-order valence-corrected chi connectivity index (χ3v) is 5.50. The van der Waals surface area contributed by atoms with Crippen LogP contribution in [0.25, 0.3) is 6.08 Å². The van der Waals surface area contributed by atoms with Crippen molar-refractivity contribution in [1.82, 2.24) is 0 Å². The van der Waals surface area contributed by atoms with E-state index in [2.05, 4.69) is 0 Å². The van der Waals surface area contributed by atoms with Gasteiger partial charge in [-0.25, -0.2) is 0 Å². The minimum Gasteiger partial charge on any atom is -0.400 e. The second-order valence-corrected chi connectivity index (χ2v) is 8.14. The molecule has 1 saturated heterocycles. The van der Waals surface area contributed by atoms with Gasteiger partial charge in [0.2, 0.25) is 0 Å². The largest absolute Gasteiger partial charge is 0.491 e. The Balaban J connectivity index is 2.35. The van der Waals surface area contributed by atoms with E-state index in [4.69, 9.17) is 15.0 Å². The number of rotatable bonds is 5. The smallest absolute Gasteiger partial charge is 0.400 e. The van der Waals surface area contributed by atoms with E-state index in [-0.39, 0.29) is 5.12 Å². The fraction of sp³-hybridized carbons (Fsp3) is 0.500. The number of thioether (sulfide) groups is 1.